The monoisotopic (exact) mass is 186 g/mol. The molecule has 1 unspecified atom stereocenters. The average Bonchev–Trinajstić information content (AvgIpc) is 2.47. The van der Waals surface area contributed by atoms with E-state index in [1.165, 1.54) is 0 Å². The number of carbonyl (C=O) groups is 2. The lowest BCUT2D eigenvalue weighted by molar-refractivity contribution is -0.126. The molecule has 2 atom stereocenters. The quantitative estimate of drug-likeness (QED) is 0.516. The van der Waals surface area contributed by atoms with Crippen LogP contribution >= 0.6 is 0 Å². The molecular weight excluding hydrogens is 172 g/mol. The normalized spacial score (nSPS) is 23.8. The number of carbonyl (C=O) groups excluding carboxylic acids is 2. The molecule has 0 bridgehead atoms. The fourth-order valence-corrected chi connectivity index (χ4v) is 1.18. The Morgan fingerprint density at radius 3 is 3.00 bits per heavy atom. The minimum absolute atomic E-state index is 0.0859. The molecule has 0 aromatic heterocycles. The van der Waals surface area contributed by atoms with E-state index in [-0.39, 0.29) is 18.4 Å². The van der Waals surface area contributed by atoms with Crippen LogP contribution in [0.25, 0.3) is 0 Å². The predicted molar refractivity (Wildman–Crippen MR) is 45.9 cm³/mol. The maximum absolute atomic E-state index is 11.3. The maximum Gasteiger partial charge on any atom is 0.242 e. The van der Waals surface area contributed by atoms with Crippen LogP contribution in [-0.2, 0) is 9.59 Å². The van der Waals surface area contributed by atoms with Crippen LogP contribution in [-0.4, -0.2) is 35.6 Å². The van der Waals surface area contributed by atoms with Crippen LogP contribution in [0.4, 0.5) is 0 Å². The van der Waals surface area contributed by atoms with Crippen LogP contribution in [0.15, 0.2) is 0 Å². The lowest BCUT2D eigenvalue weighted by Gasteiger charge is -2.11. The first-order valence-electron chi connectivity index (χ1n) is 4.34. The van der Waals surface area contributed by atoms with Crippen molar-refractivity contribution in [3.8, 4) is 0 Å². The summed E-state index contributed by atoms with van der Waals surface area (Å²) >= 11 is 0. The molecular formula is C8H14N2O3. The Morgan fingerprint density at radius 1 is 1.85 bits per heavy atom. The topological polar surface area (TPSA) is 78.4 Å². The Balaban J connectivity index is 2.27. The molecule has 1 aliphatic rings. The van der Waals surface area contributed by atoms with Gasteiger partial charge in [0.15, 0.2) is 0 Å². The van der Waals surface area contributed by atoms with Crippen LogP contribution in [0.2, 0.25) is 0 Å². The first kappa shape index (κ1) is 9.98. The van der Waals surface area contributed by atoms with Gasteiger partial charge in [-0.1, -0.05) is 0 Å². The van der Waals surface area contributed by atoms with E-state index in [1.807, 2.05) is 0 Å². The van der Waals surface area contributed by atoms with E-state index in [0.717, 1.165) is 0 Å². The summed E-state index contributed by atoms with van der Waals surface area (Å²) in [6, 6.07) is -0.411. The molecule has 0 aliphatic carbocycles. The van der Waals surface area contributed by atoms with Gasteiger partial charge in [-0.3, -0.25) is 9.59 Å². The van der Waals surface area contributed by atoms with Crippen LogP contribution in [0.3, 0.4) is 0 Å². The molecule has 5 heteroatoms. The molecule has 0 aromatic carbocycles. The third kappa shape index (κ3) is 3.02. The second-order valence-electron chi connectivity index (χ2n) is 3.25. The highest BCUT2D eigenvalue weighted by Gasteiger charge is 2.26. The van der Waals surface area contributed by atoms with E-state index >= 15 is 0 Å². The highest BCUT2D eigenvalue weighted by molar-refractivity contribution is 5.90. The molecule has 13 heavy (non-hydrogen) atoms. The predicted octanol–water partition coefficient (Wildman–Crippen LogP) is -1.24. The largest absolute Gasteiger partial charge is 0.392 e. The van der Waals surface area contributed by atoms with Crippen molar-refractivity contribution in [2.45, 2.75) is 31.9 Å². The van der Waals surface area contributed by atoms with Crippen LogP contribution in [0.5, 0.6) is 0 Å². The Kier molecular flexibility index (Phi) is 3.25. The first-order valence-corrected chi connectivity index (χ1v) is 4.34. The van der Waals surface area contributed by atoms with Gasteiger partial charge in [-0.05, 0) is 13.3 Å². The van der Waals surface area contributed by atoms with Crippen LogP contribution < -0.4 is 10.6 Å². The first-order chi connectivity index (χ1) is 6.09. The van der Waals surface area contributed by atoms with E-state index in [0.29, 0.717) is 12.8 Å². The Morgan fingerprint density at radius 2 is 2.54 bits per heavy atom. The van der Waals surface area contributed by atoms with Gasteiger partial charge in [0.25, 0.3) is 0 Å². The summed E-state index contributed by atoms with van der Waals surface area (Å²) in [5.41, 5.74) is 0. The van der Waals surface area contributed by atoms with Crippen molar-refractivity contribution in [2.75, 3.05) is 6.54 Å². The molecule has 1 aliphatic heterocycles. The summed E-state index contributed by atoms with van der Waals surface area (Å²) in [6.45, 7) is 1.82. The third-order valence-corrected chi connectivity index (χ3v) is 1.88. The standard InChI is InChI=1S/C8H14N2O3/c1-5(11)4-9-8(13)6-2-3-7(12)10-6/h5-6,11H,2-4H2,1H3,(H,9,13)(H,10,12)/t5-,6?/m0/s1. The Bertz CT molecular complexity index is 215. The second kappa shape index (κ2) is 4.23. The van der Waals surface area contributed by atoms with Gasteiger partial charge in [0, 0.05) is 13.0 Å². The number of aliphatic hydroxyl groups excluding tert-OH is 1. The third-order valence-electron chi connectivity index (χ3n) is 1.88. The van der Waals surface area contributed by atoms with Gasteiger partial charge in [-0.2, -0.15) is 0 Å². The van der Waals surface area contributed by atoms with Gasteiger partial charge in [-0.15, -0.1) is 0 Å². The summed E-state index contributed by atoms with van der Waals surface area (Å²) in [4.78, 5) is 22.0. The zero-order valence-corrected chi connectivity index (χ0v) is 7.54. The molecule has 1 heterocycles. The summed E-state index contributed by atoms with van der Waals surface area (Å²) < 4.78 is 0. The molecule has 3 N–H and O–H groups in total. The zero-order chi connectivity index (χ0) is 9.84. The lowest BCUT2D eigenvalue weighted by atomic mass is 10.2. The van der Waals surface area contributed by atoms with Gasteiger partial charge in [0.1, 0.15) is 6.04 Å². The van der Waals surface area contributed by atoms with E-state index < -0.39 is 12.1 Å². The summed E-state index contributed by atoms with van der Waals surface area (Å²) in [5, 5.41) is 14.0. The summed E-state index contributed by atoms with van der Waals surface area (Å²) in [6.07, 6.45) is 0.401. The Labute approximate surface area is 76.5 Å². The molecule has 0 saturated carbocycles. The van der Waals surface area contributed by atoms with Crippen molar-refractivity contribution in [3.63, 3.8) is 0 Å². The highest BCUT2D eigenvalue weighted by atomic mass is 16.3. The van der Waals surface area contributed by atoms with Crippen molar-refractivity contribution in [1.82, 2.24) is 10.6 Å². The van der Waals surface area contributed by atoms with Crippen molar-refractivity contribution < 1.29 is 14.7 Å². The molecule has 2 amide bonds. The molecule has 0 spiro atoms. The number of aliphatic hydroxyl groups is 1. The van der Waals surface area contributed by atoms with Crippen molar-refractivity contribution in [3.05, 3.63) is 0 Å². The van der Waals surface area contributed by atoms with Crippen LogP contribution in [0, 0.1) is 0 Å². The Hall–Kier alpha value is -1.10. The zero-order valence-electron chi connectivity index (χ0n) is 7.54. The van der Waals surface area contributed by atoms with E-state index in [2.05, 4.69) is 10.6 Å². The summed E-state index contributed by atoms with van der Waals surface area (Å²) in [5.74, 6) is -0.302. The molecule has 74 valence electrons. The number of hydrogen-bond donors (Lipinski definition) is 3. The fourth-order valence-electron chi connectivity index (χ4n) is 1.18. The molecule has 1 saturated heterocycles. The minimum atomic E-state index is -0.555. The van der Waals surface area contributed by atoms with Crippen LogP contribution in [0.1, 0.15) is 19.8 Å². The van der Waals surface area contributed by atoms with Gasteiger partial charge in [0.05, 0.1) is 6.10 Å². The van der Waals surface area contributed by atoms with E-state index in [1.54, 1.807) is 6.92 Å². The SMILES string of the molecule is C[C@H](O)CNC(=O)C1CCC(=O)N1. The lowest BCUT2D eigenvalue weighted by Crippen LogP contribution is -2.43. The van der Waals surface area contributed by atoms with Crippen molar-refractivity contribution in [1.29, 1.82) is 0 Å². The molecule has 5 nitrogen and oxygen atoms in total. The van der Waals surface area contributed by atoms with Gasteiger partial charge < -0.3 is 15.7 Å². The second-order valence-corrected chi connectivity index (χ2v) is 3.25. The minimum Gasteiger partial charge on any atom is -0.392 e. The molecule has 0 radical (unpaired) electrons. The number of hydrogen-bond acceptors (Lipinski definition) is 3. The summed E-state index contributed by atoms with van der Waals surface area (Å²) in [7, 11) is 0. The molecule has 1 rings (SSSR count). The number of rotatable bonds is 3. The van der Waals surface area contributed by atoms with Crippen molar-refractivity contribution >= 4 is 11.8 Å². The van der Waals surface area contributed by atoms with E-state index in [4.69, 9.17) is 5.11 Å². The van der Waals surface area contributed by atoms with Gasteiger partial charge >= 0.3 is 0 Å². The highest BCUT2D eigenvalue weighted by Crippen LogP contribution is 2.05. The average molecular weight is 186 g/mol. The van der Waals surface area contributed by atoms with Gasteiger partial charge in [-0.25, -0.2) is 0 Å². The molecule has 0 aromatic rings. The number of nitrogens with one attached hydrogen (secondary N) is 2. The molecule has 1 fully saturated rings. The van der Waals surface area contributed by atoms with Gasteiger partial charge in [0.2, 0.25) is 11.8 Å². The maximum atomic E-state index is 11.3. The smallest absolute Gasteiger partial charge is 0.242 e. The van der Waals surface area contributed by atoms with Crippen molar-refractivity contribution in [2.24, 2.45) is 0 Å². The fraction of sp³-hybridized carbons (Fsp3) is 0.750. The van der Waals surface area contributed by atoms with E-state index in [9.17, 15) is 9.59 Å². The number of amides is 2.